The van der Waals surface area contributed by atoms with Crippen molar-refractivity contribution in [2.75, 3.05) is 0 Å². The lowest BCUT2D eigenvalue weighted by Gasteiger charge is -2.29. The first-order chi connectivity index (χ1) is 6.93. The number of aliphatic hydroxyl groups is 1. The van der Waals surface area contributed by atoms with Gasteiger partial charge in [-0.05, 0) is 39.3 Å². The van der Waals surface area contributed by atoms with E-state index in [1.807, 2.05) is 32.9 Å². The standard InChI is InChI=1S/C12H20N2O/c1-9-6-5-7-13-11(9)8-14-12(3,4)10(2)15/h5-7,10,14-15H,8H2,1-4H3. The molecule has 0 aliphatic rings. The Morgan fingerprint density at radius 3 is 2.73 bits per heavy atom. The van der Waals surface area contributed by atoms with Crippen molar-refractivity contribution < 1.29 is 5.11 Å². The molecule has 0 bridgehead atoms. The molecule has 1 rings (SSSR count). The number of aliphatic hydroxyl groups excluding tert-OH is 1. The molecule has 1 heterocycles. The summed E-state index contributed by atoms with van der Waals surface area (Å²) in [4.78, 5) is 4.30. The monoisotopic (exact) mass is 208 g/mol. The van der Waals surface area contributed by atoms with E-state index in [2.05, 4.69) is 10.3 Å². The zero-order chi connectivity index (χ0) is 11.5. The van der Waals surface area contributed by atoms with E-state index in [0.29, 0.717) is 6.54 Å². The van der Waals surface area contributed by atoms with Crippen LogP contribution in [0.5, 0.6) is 0 Å². The van der Waals surface area contributed by atoms with Crippen LogP contribution in [0.1, 0.15) is 32.0 Å². The van der Waals surface area contributed by atoms with Gasteiger partial charge in [0, 0.05) is 18.3 Å². The minimum atomic E-state index is -0.387. The predicted molar refractivity (Wildman–Crippen MR) is 61.6 cm³/mol. The lowest BCUT2D eigenvalue weighted by Crippen LogP contribution is -2.47. The highest BCUT2D eigenvalue weighted by Gasteiger charge is 2.23. The summed E-state index contributed by atoms with van der Waals surface area (Å²) in [6.07, 6.45) is 1.40. The first-order valence-corrected chi connectivity index (χ1v) is 5.27. The maximum atomic E-state index is 9.54. The van der Waals surface area contributed by atoms with Gasteiger partial charge in [-0.25, -0.2) is 0 Å². The Kier molecular flexibility index (Phi) is 3.83. The minimum Gasteiger partial charge on any atom is -0.392 e. The highest BCUT2D eigenvalue weighted by atomic mass is 16.3. The maximum Gasteiger partial charge on any atom is 0.0688 e. The van der Waals surface area contributed by atoms with Gasteiger partial charge in [0.1, 0.15) is 0 Å². The zero-order valence-corrected chi connectivity index (χ0v) is 9.91. The van der Waals surface area contributed by atoms with Crippen LogP contribution in [-0.2, 0) is 6.54 Å². The predicted octanol–water partition coefficient (Wildman–Crippen LogP) is 1.64. The third-order valence-corrected chi connectivity index (χ3v) is 2.87. The summed E-state index contributed by atoms with van der Waals surface area (Å²) in [5.74, 6) is 0. The highest BCUT2D eigenvalue weighted by Crippen LogP contribution is 2.10. The number of hydrogen-bond acceptors (Lipinski definition) is 3. The number of rotatable bonds is 4. The molecule has 1 atom stereocenters. The van der Waals surface area contributed by atoms with Crippen LogP contribution >= 0.6 is 0 Å². The minimum absolute atomic E-state index is 0.288. The number of nitrogens with zero attached hydrogens (tertiary/aromatic N) is 1. The average molecular weight is 208 g/mol. The van der Waals surface area contributed by atoms with Gasteiger partial charge in [-0.1, -0.05) is 6.07 Å². The van der Waals surface area contributed by atoms with Crippen LogP contribution in [0.4, 0.5) is 0 Å². The third kappa shape index (κ3) is 3.29. The summed E-state index contributed by atoms with van der Waals surface area (Å²) in [6.45, 7) is 8.48. The molecule has 0 spiro atoms. The molecule has 84 valence electrons. The molecule has 0 saturated heterocycles. The molecular weight excluding hydrogens is 188 g/mol. The van der Waals surface area contributed by atoms with Gasteiger partial charge in [0.15, 0.2) is 0 Å². The van der Waals surface area contributed by atoms with Gasteiger partial charge in [-0.3, -0.25) is 4.98 Å². The second-order valence-corrected chi connectivity index (χ2v) is 4.52. The van der Waals surface area contributed by atoms with Crippen molar-refractivity contribution in [1.29, 1.82) is 0 Å². The normalized spacial score (nSPS) is 13.9. The molecular formula is C12H20N2O. The molecule has 1 aromatic rings. The second-order valence-electron chi connectivity index (χ2n) is 4.52. The average Bonchev–Trinajstić information content (AvgIpc) is 2.16. The van der Waals surface area contributed by atoms with Gasteiger partial charge in [0.25, 0.3) is 0 Å². The molecule has 2 N–H and O–H groups in total. The van der Waals surface area contributed by atoms with E-state index >= 15 is 0 Å². The van der Waals surface area contributed by atoms with Gasteiger partial charge < -0.3 is 10.4 Å². The van der Waals surface area contributed by atoms with E-state index in [4.69, 9.17) is 0 Å². The largest absolute Gasteiger partial charge is 0.392 e. The second kappa shape index (κ2) is 4.73. The van der Waals surface area contributed by atoms with Crippen molar-refractivity contribution in [2.45, 2.75) is 45.9 Å². The number of hydrogen-bond donors (Lipinski definition) is 2. The zero-order valence-electron chi connectivity index (χ0n) is 9.91. The number of aromatic nitrogens is 1. The van der Waals surface area contributed by atoms with Crippen molar-refractivity contribution in [2.24, 2.45) is 0 Å². The lowest BCUT2D eigenvalue weighted by atomic mass is 9.98. The summed E-state index contributed by atoms with van der Waals surface area (Å²) < 4.78 is 0. The molecule has 0 radical (unpaired) electrons. The number of nitrogens with one attached hydrogen (secondary N) is 1. The van der Waals surface area contributed by atoms with Gasteiger partial charge in [-0.2, -0.15) is 0 Å². The molecule has 0 aliphatic carbocycles. The smallest absolute Gasteiger partial charge is 0.0688 e. The highest BCUT2D eigenvalue weighted by molar-refractivity contribution is 5.17. The number of pyridine rings is 1. The van der Waals surface area contributed by atoms with Crippen molar-refractivity contribution in [3.8, 4) is 0 Å². The van der Waals surface area contributed by atoms with Gasteiger partial charge in [-0.15, -0.1) is 0 Å². The summed E-state index contributed by atoms with van der Waals surface area (Å²) in [5, 5.41) is 12.8. The van der Waals surface area contributed by atoms with Crippen molar-refractivity contribution >= 4 is 0 Å². The fourth-order valence-corrected chi connectivity index (χ4v) is 1.16. The Morgan fingerprint density at radius 1 is 1.53 bits per heavy atom. The topological polar surface area (TPSA) is 45.2 Å². The van der Waals surface area contributed by atoms with Crippen LogP contribution in [0.2, 0.25) is 0 Å². The molecule has 3 nitrogen and oxygen atoms in total. The van der Waals surface area contributed by atoms with Crippen molar-refractivity contribution in [3.63, 3.8) is 0 Å². The summed E-state index contributed by atoms with van der Waals surface area (Å²) in [7, 11) is 0. The molecule has 0 aromatic carbocycles. The van der Waals surface area contributed by atoms with Crippen LogP contribution in [0.25, 0.3) is 0 Å². The van der Waals surface area contributed by atoms with Gasteiger partial charge in [0.2, 0.25) is 0 Å². The molecule has 0 fully saturated rings. The summed E-state index contributed by atoms with van der Waals surface area (Å²) in [5.41, 5.74) is 1.92. The summed E-state index contributed by atoms with van der Waals surface area (Å²) >= 11 is 0. The lowest BCUT2D eigenvalue weighted by molar-refractivity contribution is 0.0954. The fourth-order valence-electron chi connectivity index (χ4n) is 1.16. The first-order valence-electron chi connectivity index (χ1n) is 5.27. The van der Waals surface area contributed by atoms with E-state index in [0.717, 1.165) is 5.69 Å². The summed E-state index contributed by atoms with van der Waals surface area (Å²) in [6, 6.07) is 3.97. The molecule has 0 amide bonds. The maximum absolute atomic E-state index is 9.54. The van der Waals surface area contributed by atoms with Crippen LogP contribution in [-0.4, -0.2) is 21.7 Å². The Balaban J connectivity index is 2.62. The van der Waals surface area contributed by atoms with Crippen LogP contribution in [0, 0.1) is 6.92 Å². The quantitative estimate of drug-likeness (QED) is 0.790. The SMILES string of the molecule is Cc1cccnc1CNC(C)(C)C(C)O. The Morgan fingerprint density at radius 2 is 2.20 bits per heavy atom. The third-order valence-electron chi connectivity index (χ3n) is 2.87. The van der Waals surface area contributed by atoms with Gasteiger partial charge in [0.05, 0.1) is 11.8 Å². The van der Waals surface area contributed by atoms with Crippen molar-refractivity contribution in [3.05, 3.63) is 29.6 Å². The molecule has 15 heavy (non-hydrogen) atoms. The molecule has 0 saturated carbocycles. The Labute approximate surface area is 91.5 Å². The van der Waals surface area contributed by atoms with Crippen molar-refractivity contribution in [1.82, 2.24) is 10.3 Å². The Hall–Kier alpha value is -0.930. The van der Waals surface area contributed by atoms with E-state index in [1.54, 1.807) is 13.1 Å². The van der Waals surface area contributed by atoms with E-state index in [1.165, 1.54) is 5.56 Å². The molecule has 1 unspecified atom stereocenters. The van der Waals surface area contributed by atoms with Crippen LogP contribution in [0.3, 0.4) is 0 Å². The molecule has 3 heteroatoms. The Bertz CT molecular complexity index is 321. The van der Waals surface area contributed by atoms with E-state index in [-0.39, 0.29) is 11.6 Å². The van der Waals surface area contributed by atoms with Crippen LogP contribution in [0.15, 0.2) is 18.3 Å². The molecule has 0 aliphatic heterocycles. The fraction of sp³-hybridized carbons (Fsp3) is 0.583. The van der Waals surface area contributed by atoms with E-state index < -0.39 is 0 Å². The van der Waals surface area contributed by atoms with E-state index in [9.17, 15) is 5.11 Å². The first kappa shape index (κ1) is 12.1. The number of aryl methyl sites for hydroxylation is 1. The van der Waals surface area contributed by atoms with Gasteiger partial charge >= 0.3 is 0 Å². The molecule has 1 aromatic heterocycles. The van der Waals surface area contributed by atoms with Crippen LogP contribution < -0.4 is 5.32 Å².